The maximum atomic E-state index is 9.36. The van der Waals surface area contributed by atoms with Crippen LogP contribution in [0.3, 0.4) is 0 Å². The van der Waals surface area contributed by atoms with Crippen molar-refractivity contribution in [3.63, 3.8) is 0 Å². The normalized spacial score (nSPS) is 25.8. The van der Waals surface area contributed by atoms with Crippen LogP contribution in [0.2, 0.25) is 0 Å². The molecule has 0 amide bonds. The molecule has 1 aromatic heterocycles. The number of ether oxygens (including phenoxy) is 1. The van der Waals surface area contributed by atoms with Crippen LogP contribution in [-0.4, -0.2) is 63.6 Å². The molecule has 0 bridgehead atoms. The lowest BCUT2D eigenvalue weighted by Crippen LogP contribution is -2.28. The fourth-order valence-electron chi connectivity index (χ4n) is 2.92. The fraction of sp³-hybridized carbons (Fsp3) is 0.533. The number of allylic oxidation sites excluding steroid dienone is 5. The van der Waals surface area contributed by atoms with Gasteiger partial charge in [0.25, 0.3) is 0 Å². The predicted molar refractivity (Wildman–Crippen MR) is 81.8 cm³/mol. The first-order valence-corrected chi connectivity index (χ1v) is 7.44. The molecule has 0 saturated carbocycles. The van der Waals surface area contributed by atoms with Gasteiger partial charge in [0.2, 0.25) is 5.82 Å². The number of aliphatic hydroxyl groups is 1. The second-order valence-corrected chi connectivity index (χ2v) is 5.63. The van der Waals surface area contributed by atoms with Crippen molar-refractivity contribution < 1.29 is 9.84 Å². The van der Waals surface area contributed by atoms with E-state index in [1.165, 1.54) is 0 Å². The summed E-state index contributed by atoms with van der Waals surface area (Å²) < 4.78 is 5.44. The van der Waals surface area contributed by atoms with Crippen LogP contribution in [0.5, 0.6) is 0 Å². The van der Waals surface area contributed by atoms with Crippen LogP contribution in [0, 0.1) is 0 Å². The van der Waals surface area contributed by atoms with E-state index in [1.54, 1.807) is 11.9 Å². The highest BCUT2D eigenvalue weighted by molar-refractivity contribution is 5.72. The summed E-state index contributed by atoms with van der Waals surface area (Å²) >= 11 is 0. The summed E-state index contributed by atoms with van der Waals surface area (Å²) in [5, 5.41) is 22.3. The molecule has 0 aromatic carbocycles. The molecule has 22 heavy (non-hydrogen) atoms. The zero-order chi connectivity index (χ0) is 15.5. The Hall–Kier alpha value is -1.99. The number of hydrogen-bond acceptors (Lipinski definition) is 6. The number of tetrazole rings is 1. The molecule has 2 heterocycles. The number of hydrogen-bond donors (Lipinski definition) is 1. The molecule has 7 nitrogen and oxygen atoms in total. The molecule has 1 aromatic rings. The molecule has 118 valence electrons. The van der Waals surface area contributed by atoms with E-state index in [4.69, 9.17) is 4.74 Å². The van der Waals surface area contributed by atoms with Crippen molar-refractivity contribution in [2.75, 3.05) is 27.3 Å². The molecule has 1 saturated heterocycles. The van der Waals surface area contributed by atoms with E-state index in [9.17, 15) is 5.11 Å². The van der Waals surface area contributed by atoms with E-state index in [0.29, 0.717) is 12.2 Å². The van der Waals surface area contributed by atoms with Gasteiger partial charge in [-0.25, -0.2) is 0 Å². The van der Waals surface area contributed by atoms with Crippen LogP contribution < -0.4 is 0 Å². The van der Waals surface area contributed by atoms with Gasteiger partial charge in [-0.2, -0.15) is 4.80 Å². The fourth-order valence-corrected chi connectivity index (χ4v) is 2.92. The van der Waals surface area contributed by atoms with E-state index >= 15 is 0 Å². The minimum atomic E-state index is 0.142. The topological polar surface area (TPSA) is 76.3 Å². The average Bonchev–Trinajstić information content (AvgIpc) is 3.07. The third-order valence-electron chi connectivity index (χ3n) is 4.23. The Balaban J connectivity index is 1.83. The van der Waals surface area contributed by atoms with Gasteiger partial charge in [-0.15, -0.1) is 10.2 Å². The molecule has 2 atom stereocenters. The van der Waals surface area contributed by atoms with Gasteiger partial charge in [0.05, 0.1) is 25.3 Å². The molecule has 0 spiro atoms. The van der Waals surface area contributed by atoms with Gasteiger partial charge in [0, 0.05) is 19.0 Å². The molecule has 2 aliphatic rings. The first-order valence-electron chi connectivity index (χ1n) is 7.44. The molecule has 7 heteroatoms. The first-order chi connectivity index (χ1) is 10.7. The van der Waals surface area contributed by atoms with Gasteiger partial charge in [-0.1, -0.05) is 18.2 Å². The summed E-state index contributed by atoms with van der Waals surface area (Å²) in [7, 11) is 3.66. The van der Waals surface area contributed by atoms with Crippen LogP contribution in [0.25, 0.3) is 5.57 Å². The van der Waals surface area contributed by atoms with Crippen LogP contribution >= 0.6 is 0 Å². The quantitative estimate of drug-likeness (QED) is 0.886. The third kappa shape index (κ3) is 2.82. The summed E-state index contributed by atoms with van der Waals surface area (Å²) in [6.07, 6.45) is 9.45. The number of rotatable bonds is 4. The van der Waals surface area contributed by atoms with Gasteiger partial charge in [-0.05, 0) is 24.8 Å². The number of aromatic nitrogens is 4. The maximum absolute atomic E-state index is 9.36. The number of aliphatic hydroxyl groups excluding tert-OH is 1. The SMILES string of the molecule is COC1=C(c2nnn([C@H]3C[C@@H](CO)N(C)C3)n2)C=CC=CC1. The zero-order valence-electron chi connectivity index (χ0n) is 12.9. The van der Waals surface area contributed by atoms with Gasteiger partial charge in [0.1, 0.15) is 5.76 Å². The number of nitrogens with zero attached hydrogens (tertiary/aromatic N) is 5. The van der Waals surface area contributed by atoms with Crippen molar-refractivity contribution in [3.05, 3.63) is 35.9 Å². The van der Waals surface area contributed by atoms with Crippen molar-refractivity contribution in [3.8, 4) is 0 Å². The Bertz CT molecular complexity index is 619. The zero-order valence-corrected chi connectivity index (χ0v) is 12.9. The number of likely N-dealkylation sites (tertiary alicyclic amines) is 1. The molecular weight excluding hydrogens is 282 g/mol. The van der Waals surface area contributed by atoms with Crippen molar-refractivity contribution in [1.82, 2.24) is 25.1 Å². The van der Waals surface area contributed by atoms with E-state index in [1.807, 2.05) is 31.4 Å². The smallest absolute Gasteiger partial charge is 0.208 e. The molecule has 3 rings (SSSR count). The van der Waals surface area contributed by atoms with E-state index < -0.39 is 0 Å². The minimum Gasteiger partial charge on any atom is -0.500 e. The molecule has 0 radical (unpaired) electrons. The first kappa shape index (κ1) is 14.9. The lowest BCUT2D eigenvalue weighted by molar-refractivity contribution is 0.182. The van der Waals surface area contributed by atoms with Gasteiger partial charge >= 0.3 is 0 Å². The summed E-state index contributed by atoms with van der Waals surface area (Å²) in [4.78, 5) is 3.79. The molecule has 1 N–H and O–H groups in total. The number of likely N-dealkylation sites (N-methyl/N-ethyl adjacent to an activating group) is 1. The Labute approximate surface area is 129 Å². The van der Waals surface area contributed by atoms with Crippen molar-refractivity contribution in [2.45, 2.75) is 24.9 Å². The lowest BCUT2D eigenvalue weighted by Gasteiger charge is -2.14. The monoisotopic (exact) mass is 303 g/mol. The highest BCUT2D eigenvalue weighted by Crippen LogP contribution is 2.26. The highest BCUT2D eigenvalue weighted by Gasteiger charge is 2.31. The lowest BCUT2D eigenvalue weighted by atomic mass is 10.2. The van der Waals surface area contributed by atoms with Crippen molar-refractivity contribution >= 4 is 5.57 Å². The van der Waals surface area contributed by atoms with Crippen LogP contribution in [0.4, 0.5) is 0 Å². The third-order valence-corrected chi connectivity index (χ3v) is 4.23. The Morgan fingerprint density at radius 3 is 3.00 bits per heavy atom. The minimum absolute atomic E-state index is 0.142. The summed E-state index contributed by atoms with van der Waals surface area (Å²) in [5.74, 6) is 1.41. The maximum Gasteiger partial charge on any atom is 0.208 e. The Morgan fingerprint density at radius 2 is 2.27 bits per heavy atom. The Kier molecular flexibility index (Phi) is 4.35. The van der Waals surface area contributed by atoms with E-state index in [-0.39, 0.29) is 18.7 Å². The average molecular weight is 303 g/mol. The van der Waals surface area contributed by atoms with Crippen LogP contribution in [0.15, 0.2) is 30.1 Å². The van der Waals surface area contributed by atoms with Crippen molar-refractivity contribution in [2.24, 2.45) is 0 Å². The van der Waals surface area contributed by atoms with E-state index in [0.717, 1.165) is 24.3 Å². The summed E-state index contributed by atoms with van der Waals surface area (Å²) in [6.45, 7) is 0.969. The molecular formula is C15H21N5O2. The molecule has 0 unspecified atom stereocenters. The largest absolute Gasteiger partial charge is 0.500 e. The second kappa shape index (κ2) is 6.41. The standard InChI is InChI=1S/C15H21N5O2/c1-19-9-11(8-12(19)10-21)20-17-15(16-18-20)13-6-4-3-5-7-14(13)22-2/h3-6,11-12,21H,7-10H2,1-2H3/t11-,12-/m0/s1. The Morgan fingerprint density at radius 1 is 1.41 bits per heavy atom. The predicted octanol–water partition coefficient (Wildman–Crippen LogP) is 0.784. The number of methoxy groups -OCH3 is 1. The van der Waals surface area contributed by atoms with Gasteiger partial charge < -0.3 is 9.84 Å². The molecule has 1 aliphatic heterocycles. The second-order valence-electron chi connectivity index (χ2n) is 5.63. The molecule has 1 fully saturated rings. The van der Waals surface area contributed by atoms with Crippen molar-refractivity contribution in [1.29, 1.82) is 0 Å². The van der Waals surface area contributed by atoms with Gasteiger partial charge in [0.15, 0.2) is 0 Å². The highest BCUT2D eigenvalue weighted by atomic mass is 16.5. The molecule has 1 aliphatic carbocycles. The van der Waals surface area contributed by atoms with Crippen LogP contribution in [0.1, 0.15) is 24.7 Å². The summed E-state index contributed by atoms with van der Waals surface area (Å²) in [6, 6.07) is 0.304. The van der Waals surface area contributed by atoms with E-state index in [2.05, 4.69) is 20.3 Å². The van der Waals surface area contributed by atoms with Gasteiger partial charge in [-0.3, -0.25) is 4.90 Å². The summed E-state index contributed by atoms with van der Waals surface area (Å²) in [5.41, 5.74) is 0.865. The van der Waals surface area contributed by atoms with Crippen LogP contribution in [-0.2, 0) is 4.74 Å².